The molecule has 82 valence electrons. The summed E-state index contributed by atoms with van der Waals surface area (Å²) in [6.45, 7) is 0.477. The molecule has 1 aromatic rings. The molecule has 1 aromatic heterocycles. The van der Waals surface area contributed by atoms with E-state index in [4.69, 9.17) is 16.2 Å². The van der Waals surface area contributed by atoms with Crippen LogP contribution in [0.5, 0.6) is 0 Å². The van der Waals surface area contributed by atoms with Crippen LogP contribution in [0.15, 0.2) is 12.1 Å². The van der Waals surface area contributed by atoms with Gasteiger partial charge in [0.1, 0.15) is 6.04 Å². The van der Waals surface area contributed by atoms with Gasteiger partial charge in [0.05, 0.1) is 11.5 Å². The number of carboxylic acids is 1. The zero-order valence-electron chi connectivity index (χ0n) is 8.06. The quantitative estimate of drug-likeness (QED) is 0.539. The fourth-order valence-electron chi connectivity index (χ4n) is 1.04. The highest BCUT2D eigenvalue weighted by molar-refractivity contribution is 7.16. The average Bonchev–Trinajstić information content (AvgIpc) is 2.62. The predicted octanol–water partition coefficient (Wildman–Crippen LogP) is 0.764. The molecule has 1 heterocycles. The van der Waals surface area contributed by atoms with Crippen molar-refractivity contribution < 1.29 is 9.90 Å². The van der Waals surface area contributed by atoms with Crippen molar-refractivity contribution in [3.05, 3.63) is 17.0 Å². The predicted molar refractivity (Wildman–Crippen MR) is 60.9 cm³/mol. The van der Waals surface area contributed by atoms with E-state index in [1.54, 1.807) is 0 Å². The molecule has 1 atom stereocenters. The van der Waals surface area contributed by atoms with Crippen molar-refractivity contribution >= 4 is 28.5 Å². The molecule has 0 aliphatic carbocycles. The number of nitrogens with one attached hydrogen (secondary N) is 2. The van der Waals surface area contributed by atoms with Gasteiger partial charge < -0.3 is 21.6 Å². The van der Waals surface area contributed by atoms with Crippen LogP contribution in [0.3, 0.4) is 0 Å². The van der Waals surface area contributed by atoms with E-state index in [1.807, 2.05) is 12.1 Å². The molecule has 0 saturated carbocycles. The number of anilines is 1. The van der Waals surface area contributed by atoms with Gasteiger partial charge in [-0.1, -0.05) is 0 Å². The van der Waals surface area contributed by atoms with Crippen LogP contribution in [0.2, 0.25) is 0 Å². The smallest absolute Gasteiger partial charge is 0.320 e. The topological polar surface area (TPSA) is 99.2 Å². The molecule has 0 aliphatic rings. The molecule has 0 bridgehead atoms. The van der Waals surface area contributed by atoms with E-state index in [1.165, 1.54) is 17.6 Å². The van der Waals surface area contributed by atoms with Crippen LogP contribution in [-0.2, 0) is 11.2 Å². The van der Waals surface area contributed by atoms with Gasteiger partial charge in [0.2, 0.25) is 0 Å². The van der Waals surface area contributed by atoms with Gasteiger partial charge in [0.15, 0.2) is 0 Å². The molecular formula is C9H13N3O2S. The van der Waals surface area contributed by atoms with Crippen molar-refractivity contribution in [2.75, 3.05) is 11.9 Å². The first-order chi connectivity index (χ1) is 7.13. The summed E-state index contributed by atoms with van der Waals surface area (Å²) in [6, 6.07) is 2.86. The van der Waals surface area contributed by atoms with Gasteiger partial charge in [-0.25, -0.2) is 0 Å². The Morgan fingerprint density at radius 2 is 2.47 bits per heavy atom. The maximum absolute atomic E-state index is 10.5. The van der Waals surface area contributed by atoms with Gasteiger partial charge in [-0.2, -0.15) is 0 Å². The number of hydrogen-bond donors (Lipinski definition) is 4. The second-order valence-electron chi connectivity index (χ2n) is 3.00. The normalized spacial score (nSPS) is 12.1. The van der Waals surface area contributed by atoms with Crippen LogP contribution in [-0.4, -0.2) is 29.9 Å². The van der Waals surface area contributed by atoms with Crippen molar-refractivity contribution in [1.29, 1.82) is 5.41 Å². The van der Waals surface area contributed by atoms with E-state index in [2.05, 4.69) is 5.32 Å². The lowest BCUT2D eigenvalue weighted by atomic mass is 10.2. The molecule has 6 heteroatoms. The van der Waals surface area contributed by atoms with Crippen LogP contribution in [0.25, 0.3) is 0 Å². The number of hydrogen-bond acceptors (Lipinski definition) is 5. The van der Waals surface area contributed by atoms with Gasteiger partial charge in [0, 0.05) is 17.5 Å². The number of nitrogens with two attached hydrogens (primary N) is 1. The highest BCUT2D eigenvalue weighted by Gasteiger charge is 2.13. The summed E-state index contributed by atoms with van der Waals surface area (Å²) < 4.78 is 0. The minimum absolute atomic E-state index is 0.340. The number of carboxylic acid groups (broad SMARTS) is 1. The monoisotopic (exact) mass is 227 g/mol. The van der Waals surface area contributed by atoms with Crippen molar-refractivity contribution in [3.8, 4) is 0 Å². The van der Waals surface area contributed by atoms with Crippen molar-refractivity contribution in [3.63, 3.8) is 0 Å². The maximum Gasteiger partial charge on any atom is 0.320 e. The number of thiophene rings is 1. The first-order valence-electron chi connectivity index (χ1n) is 4.43. The average molecular weight is 227 g/mol. The van der Waals surface area contributed by atoms with Crippen molar-refractivity contribution in [1.82, 2.24) is 0 Å². The third-order valence-electron chi connectivity index (χ3n) is 1.78. The largest absolute Gasteiger partial charge is 0.480 e. The lowest BCUT2D eigenvalue weighted by molar-refractivity contribution is -0.138. The molecule has 5 N–H and O–H groups in total. The van der Waals surface area contributed by atoms with Crippen LogP contribution < -0.4 is 11.1 Å². The zero-order valence-corrected chi connectivity index (χ0v) is 8.88. The molecule has 5 nitrogen and oxygen atoms in total. The Balaban J connectivity index is 2.52. The SMILES string of the molecule is N=CCNc1ccc(CC(N)C(=O)O)s1. The molecule has 0 aromatic carbocycles. The number of rotatable bonds is 6. The first kappa shape index (κ1) is 11.7. The third kappa shape index (κ3) is 3.69. The summed E-state index contributed by atoms with van der Waals surface area (Å²) in [5, 5.41) is 19.4. The molecule has 0 amide bonds. The fourth-order valence-corrected chi connectivity index (χ4v) is 2.01. The molecule has 0 aliphatic heterocycles. The van der Waals surface area contributed by atoms with E-state index in [0.717, 1.165) is 9.88 Å². The summed E-state index contributed by atoms with van der Waals surface area (Å²) >= 11 is 1.46. The van der Waals surface area contributed by atoms with Gasteiger partial charge in [-0.3, -0.25) is 4.79 Å². The van der Waals surface area contributed by atoms with E-state index in [9.17, 15) is 4.79 Å². The Hall–Kier alpha value is -1.40. The second-order valence-corrected chi connectivity index (χ2v) is 4.17. The van der Waals surface area contributed by atoms with Gasteiger partial charge in [-0.15, -0.1) is 11.3 Å². The minimum atomic E-state index is -0.989. The van der Waals surface area contributed by atoms with Crippen molar-refractivity contribution in [2.45, 2.75) is 12.5 Å². The summed E-state index contributed by atoms with van der Waals surface area (Å²) in [5.74, 6) is -0.989. The van der Waals surface area contributed by atoms with Gasteiger partial charge in [-0.05, 0) is 12.1 Å². The fraction of sp³-hybridized carbons (Fsp3) is 0.333. The Morgan fingerprint density at radius 3 is 3.07 bits per heavy atom. The summed E-state index contributed by atoms with van der Waals surface area (Å²) in [5.41, 5.74) is 5.41. The Kier molecular flexibility index (Phi) is 4.26. The minimum Gasteiger partial charge on any atom is -0.480 e. The standard InChI is InChI=1S/C9H13N3O2S/c10-3-4-12-8-2-1-6(15-8)5-7(11)9(13)14/h1-3,7,10,12H,4-5,11H2,(H,13,14). The van der Waals surface area contributed by atoms with E-state index in [0.29, 0.717) is 13.0 Å². The molecule has 0 saturated heterocycles. The highest BCUT2D eigenvalue weighted by Crippen LogP contribution is 2.22. The Labute approximate surface area is 91.4 Å². The lowest BCUT2D eigenvalue weighted by Crippen LogP contribution is -2.31. The van der Waals surface area contributed by atoms with E-state index >= 15 is 0 Å². The molecule has 15 heavy (non-hydrogen) atoms. The molecule has 1 rings (SSSR count). The molecule has 1 unspecified atom stereocenters. The van der Waals surface area contributed by atoms with E-state index < -0.39 is 12.0 Å². The van der Waals surface area contributed by atoms with Crippen LogP contribution in [0, 0.1) is 5.41 Å². The Bertz CT molecular complexity index is 351. The summed E-state index contributed by atoms with van der Waals surface area (Å²) in [6.07, 6.45) is 1.61. The first-order valence-corrected chi connectivity index (χ1v) is 5.25. The van der Waals surface area contributed by atoms with Crippen molar-refractivity contribution in [2.24, 2.45) is 5.73 Å². The number of aliphatic carboxylic acids is 1. The maximum atomic E-state index is 10.5. The van der Waals surface area contributed by atoms with Crippen LogP contribution in [0.4, 0.5) is 5.00 Å². The summed E-state index contributed by atoms with van der Waals surface area (Å²) in [7, 11) is 0. The molecule has 0 fully saturated rings. The molecular weight excluding hydrogens is 214 g/mol. The van der Waals surface area contributed by atoms with Crippen LogP contribution in [0.1, 0.15) is 4.88 Å². The van der Waals surface area contributed by atoms with Crippen LogP contribution >= 0.6 is 11.3 Å². The highest BCUT2D eigenvalue weighted by atomic mass is 32.1. The second kappa shape index (κ2) is 5.47. The third-order valence-corrected chi connectivity index (χ3v) is 2.84. The Morgan fingerprint density at radius 1 is 1.73 bits per heavy atom. The number of carbonyl (C=O) groups is 1. The van der Waals surface area contributed by atoms with E-state index in [-0.39, 0.29) is 0 Å². The van der Waals surface area contributed by atoms with Gasteiger partial charge in [0.25, 0.3) is 0 Å². The van der Waals surface area contributed by atoms with Gasteiger partial charge >= 0.3 is 5.97 Å². The lowest BCUT2D eigenvalue weighted by Gasteiger charge is -2.02. The molecule has 0 spiro atoms. The molecule has 0 radical (unpaired) electrons. The zero-order chi connectivity index (χ0) is 11.3. The summed E-state index contributed by atoms with van der Waals surface area (Å²) in [4.78, 5) is 11.4.